The zero-order valence-corrected chi connectivity index (χ0v) is 13.3. The van der Waals surface area contributed by atoms with Crippen LogP contribution in [0.4, 0.5) is 14.6 Å². The van der Waals surface area contributed by atoms with Crippen LogP contribution in [-0.4, -0.2) is 63.6 Å². The van der Waals surface area contributed by atoms with E-state index in [1.54, 1.807) is 4.90 Å². The van der Waals surface area contributed by atoms with E-state index >= 15 is 0 Å². The fraction of sp³-hybridized carbons (Fsp3) is 0.533. The summed E-state index contributed by atoms with van der Waals surface area (Å²) in [6.45, 7) is 0.351. The summed E-state index contributed by atoms with van der Waals surface area (Å²) in [5.74, 6) is -0.718. The van der Waals surface area contributed by atoms with Gasteiger partial charge in [0.15, 0.2) is 5.82 Å². The number of aliphatic hydroxyl groups excluding tert-OH is 1. The molecular formula is C15H16F2N4O4. The first-order chi connectivity index (χ1) is 12.0. The zero-order valence-electron chi connectivity index (χ0n) is 13.3. The highest BCUT2D eigenvalue weighted by atomic mass is 19.1. The maximum Gasteiger partial charge on any atom is 0.323 e. The van der Waals surface area contributed by atoms with Crippen LogP contribution in [0.15, 0.2) is 6.20 Å². The summed E-state index contributed by atoms with van der Waals surface area (Å²) in [5, 5.41) is 18.3. The molecular weight excluding hydrogens is 338 g/mol. The number of ether oxygens (including phenoxy) is 2. The summed E-state index contributed by atoms with van der Waals surface area (Å²) < 4.78 is 38.7. The Bertz CT molecular complexity index is 822. The third-order valence-electron chi connectivity index (χ3n) is 4.48. The van der Waals surface area contributed by atoms with Gasteiger partial charge in [-0.25, -0.2) is 8.78 Å². The summed E-state index contributed by atoms with van der Waals surface area (Å²) in [6.07, 6.45) is 0.347. The highest BCUT2D eigenvalue weighted by Crippen LogP contribution is 2.44. The van der Waals surface area contributed by atoms with E-state index in [2.05, 4.69) is 15.0 Å². The molecule has 1 aliphatic heterocycles. The van der Waals surface area contributed by atoms with E-state index in [9.17, 15) is 8.78 Å². The van der Waals surface area contributed by atoms with Crippen molar-refractivity contribution in [1.29, 1.82) is 0 Å². The monoisotopic (exact) mass is 354 g/mol. The van der Waals surface area contributed by atoms with E-state index in [1.165, 1.54) is 13.1 Å². The summed E-state index contributed by atoms with van der Waals surface area (Å²) in [5.41, 5.74) is 0.0467. The molecule has 25 heavy (non-hydrogen) atoms. The van der Waals surface area contributed by atoms with Crippen LogP contribution in [0.1, 0.15) is 5.69 Å². The molecule has 134 valence electrons. The molecule has 0 aromatic carbocycles. The van der Waals surface area contributed by atoms with E-state index in [1.807, 2.05) is 0 Å². The lowest BCUT2D eigenvalue weighted by atomic mass is 10.2. The van der Waals surface area contributed by atoms with E-state index in [4.69, 9.17) is 19.7 Å². The second-order valence-corrected chi connectivity index (χ2v) is 6.06. The maximum atomic E-state index is 14.5. The van der Waals surface area contributed by atoms with Gasteiger partial charge in [-0.2, -0.15) is 9.97 Å². The second-order valence-electron chi connectivity index (χ2n) is 6.06. The van der Waals surface area contributed by atoms with E-state index < -0.39 is 30.5 Å². The summed E-state index contributed by atoms with van der Waals surface area (Å²) >= 11 is 0. The van der Waals surface area contributed by atoms with Crippen molar-refractivity contribution in [1.82, 2.24) is 15.0 Å². The van der Waals surface area contributed by atoms with Crippen molar-refractivity contribution in [2.75, 3.05) is 24.7 Å². The van der Waals surface area contributed by atoms with Gasteiger partial charge in [0.1, 0.15) is 17.5 Å². The molecule has 1 saturated heterocycles. The smallest absolute Gasteiger partial charge is 0.323 e. The number of hydrogen-bond donors (Lipinski definition) is 2. The van der Waals surface area contributed by atoms with Crippen LogP contribution < -0.4 is 9.64 Å². The van der Waals surface area contributed by atoms with Crippen LogP contribution in [0, 0.1) is 18.7 Å². The van der Waals surface area contributed by atoms with Gasteiger partial charge in [0.05, 0.1) is 30.3 Å². The van der Waals surface area contributed by atoms with Gasteiger partial charge in [0.25, 0.3) is 0 Å². The average molecular weight is 354 g/mol. The number of hydrogen-bond acceptors (Lipinski definition) is 8. The normalized spacial score (nSPS) is 25.8. The molecule has 10 heteroatoms. The Labute approximate surface area is 141 Å². The molecule has 0 spiro atoms. The van der Waals surface area contributed by atoms with Crippen molar-refractivity contribution < 1.29 is 28.5 Å². The summed E-state index contributed by atoms with van der Waals surface area (Å²) in [4.78, 5) is 13.7. The first kappa shape index (κ1) is 16.3. The largest absolute Gasteiger partial charge is 0.408 e. The minimum Gasteiger partial charge on any atom is -0.408 e. The molecule has 8 nitrogen and oxygen atoms in total. The van der Waals surface area contributed by atoms with Crippen molar-refractivity contribution in [2.45, 2.75) is 25.6 Å². The molecule has 0 bridgehead atoms. The number of aliphatic hydroxyl groups is 2. The van der Waals surface area contributed by atoms with Crippen LogP contribution in [0.25, 0.3) is 10.9 Å². The highest BCUT2D eigenvalue weighted by Gasteiger charge is 2.56. The second kappa shape index (κ2) is 5.97. The number of fused-ring (bicyclic) bond motifs is 2. The minimum atomic E-state index is -2.16. The van der Waals surface area contributed by atoms with Gasteiger partial charge < -0.3 is 24.6 Å². The molecule has 3 heterocycles. The SMILES string of the molecule is Cc1ncc2c(N3CCOCC4C(F)C43)nc(OC(O)O)nc2c1F. The predicted molar refractivity (Wildman–Crippen MR) is 81.2 cm³/mol. The quantitative estimate of drug-likeness (QED) is 0.759. The molecule has 1 aliphatic carbocycles. The van der Waals surface area contributed by atoms with Crippen LogP contribution in [-0.2, 0) is 4.74 Å². The maximum absolute atomic E-state index is 14.5. The first-order valence-electron chi connectivity index (χ1n) is 7.81. The van der Waals surface area contributed by atoms with Crippen LogP contribution in [0.2, 0.25) is 0 Å². The van der Waals surface area contributed by atoms with Gasteiger partial charge in [0, 0.05) is 18.7 Å². The number of nitrogens with zero attached hydrogens (tertiary/aromatic N) is 4. The average Bonchev–Trinajstić information content (AvgIpc) is 3.25. The van der Waals surface area contributed by atoms with Gasteiger partial charge in [-0.05, 0) is 6.92 Å². The van der Waals surface area contributed by atoms with Crippen molar-refractivity contribution in [2.24, 2.45) is 5.92 Å². The summed E-state index contributed by atoms with van der Waals surface area (Å²) in [6, 6.07) is -0.850. The number of anilines is 1. The lowest BCUT2D eigenvalue weighted by molar-refractivity contribution is -0.183. The van der Waals surface area contributed by atoms with Crippen molar-refractivity contribution in [3.8, 4) is 6.01 Å². The number of rotatable bonds is 3. The molecule has 2 aromatic heterocycles. The molecule has 0 radical (unpaired) electrons. The molecule has 4 rings (SSSR count). The first-order valence-corrected chi connectivity index (χ1v) is 7.81. The van der Waals surface area contributed by atoms with Crippen LogP contribution in [0.3, 0.4) is 0 Å². The molecule has 3 unspecified atom stereocenters. The number of pyridine rings is 1. The fourth-order valence-corrected chi connectivity index (χ4v) is 3.17. The number of aromatic nitrogens is 3. The Kier molecular flexibility index (Phi) is 3.89. The van der Waals surface area contributed by atoms with Crippen LogP contribution in [0.5, 0.6) is 6.01 Å². The number of aryl methyl sites for hydroxylation is 1. The van der Waals surface area contributed by atoms with Gasteiger partial charge in [-0.3, -0.25) is 4.98 Å². The van der Waals surface area contributed by atoms with Gasteiger partial charge in [-0.15, -0.1) is 0 Å². The molecule has 0 amide bonds. The Morgan fingerprint density at radius 3 is 2.96 bits per heavy atom. The Morgan fingerprint density at radius 2 is 2.20 bits per heavy atom. The zero-order chi connectivity index (χ0) is 17.7. The molecule has 3 atom stereocenters. The van der Waals surface area contributed by atoms with E-state index in [0.717, 1.165) is 0 Å². The minimum absolute atomic E-state index is 0.0778. The van der Waals surface area contributed by atoms with Crippen LogP contribution >= 0.6 is 0 Å². The lowest BCUT2D eigenvalue weighted by Crippen LogP contribution is -2.32. The number of halogens is 2. The molecule has 2 N–H and O–H groups in total. The van der Waals surface area contributed by atoms with Gasteiger partial charge in [-0.1, -0.05) is 0 Å². The standard InChI is InChI=1S/C15H16F2N4O4/c1-6-9(16)11-7(4-18-6)13(20-14(19-11)25-15(22)23)21-2-3-24-5-8-10(17)12(8)21/h4,8,10,12,15,22-23H,2-3,5H2,1H3. The molecule has 2 aliphatic rings. The highest BCUT2D eigenvalue weighted by molar-refractivity contribution is 5.90. The molecule has 1 saturated carbocycles. The van der Waals surface area contributed by atoms with Crippen molar-refractivity contribution in [3.05, 3.63) is 17.7 Å². The third-order valence-corrected chi connectivity index (χ3v) is 4.48. The number of alkyl halides is 1. The van der Waals surface area contributed by atoms with Gasteiger partial charge >= 0.3 is 12.5 Å². The Balaban J connectivity index is 1.87. The predicted octanol–water partition coefficient (Wildman–Crippen LogP) is 0.292. The van der Waals surface area contributed by atoms with Gasteiger partial charge in [0.2, 0.25) is 0 Å². The molecule has 2 fully saturated rings. The Hall–Kier alpha value is -2.17. The topological polar surface area (TPSA) is 101 Å². The van der Waals surface area contributed by atoms with E-state index in [0.29, 0.717) is 25.1 Å². The van der Waals surface area contributed by atoms with Crippen molar-refractivity contribution in [3.63, 3.8) is 0 Å². The summed E-state index contributed by atoms with van der Waals surface area (Å²) in [7, 11) is 0. The van der Waals surface area contributed by atoms with Crippen molar-refractivity contribution >= 4 is 16.7 Å². The third kappa shape index (κ3) is 2.75. The fourth-order valence-electron chi connectivity index (χ4n) is 3.17. The lowest BCUT2D eigenvalue weighted by Gasteiger charge is -2.24. The molecule has 2 aromatic rings. The Morgan fingerprint density at radius 1 is 1.40 bits per heavy atom. The van der Waals surface area contributed by atoms with E-state index in [-0.39, 0.29) is 22.9 Å².